The summed E-state index contributed by atoms with van der Waals surface area (Å²) in [5.41, 5.74) is -2.16. The molecule has 2 heterocycles. The van der Waals surface area contributed by atoms with Crippen molar-refractivity contribution in [1.82, 2.24) is 5.32 Å². The van der Waals surface area contributed by atoms with E-state index in [9.17, 15) is 14.7 Å². The Bertz CT molecular complexity index is 876. The van der Waals surface area contributed by atoms with E-state index in [0.29, 0.717) is 12.0 Å². The number of aliphatic hydroxyl groups is 1. The maximum Gasteiger partial charge on any atom is 0.409 e. The van der Waals surface area contributed by atoms with Crippen molar-refractivity contribution in [2.24, 2.45) is 5.92 Å². The second-order valence-corrected chi connectivity index (χ2v) is 9.42. The summed E-state index contributed by atoms with van der Waals surface area (Å²) < 4.78 is 28.4. The van der Waals surface area contributed by atoms with Gasteiger partial charge in [0.25, 0.3) is 0 Å². The number of nitrogens with one attached hydrogen (secondary N) is 1. The first-order valence-corrected chi connectivity index (χ1v) is 11.4. The third-order valence-electron chi connectivity index (χ3n) is 6.21. The molecule has 0 spiro atoms. The fourth-order valence-electron chi connectivity index (χ4n) is 4.33. The highest BCUT2D eigenvalue weighted by Gasteiger charge is 2.63. The highest BCUT2D eigenvalue weighted by Crippen LogP contribution is 2.48. The maximum absolute atomic E-state index is 12.7. The molecule has 2 N–H and O–H groups in total. The van der Waals surface area contributed by atoms with Crippen LogP contribution in [0.4, 0.5) is 4.79 Å². The van der Waals surface area contributed by atoms with E-state index in [0.717, 1.165) is 4.47 Å². The van der Waals surface area contributed by atoms with E-state index in [2.05, 4.69) is 27.8 Å². The predicted molar refractivity (Wildman–Crippen MR) is 121 cm³/mol. The van der Waals surface area contributed by atoms with Gasteiger partial charge in [-0.3, -0.25) is 5.32 Å². The Kier molecular flexibility index (Phi) is 7.85. The molecule has 1 aromatic carbocycles. The molecule has 2 fully saturated rings. The van der Waals surface area contributed by atoms with Gasteiger partial charge in [0.05, 0.1) is 11.7 Å². The molecular formula is C23H30BrNO8. The average Bonchev–Trinajstić information content (AvgIpc) is 3.46. The molecule has 0 radical (unpaired) electrons. The number of alkyl carbamates (subject to hydrolysis) is 1. The first-order chi connectivity index (χ1) is 15.6. The SMILES string of the molecule is C=CCC(OC(=O)c1ccc(Br)cc1)C1(C)OC1C(C)C1CC(O)(C(OC)OC)NC(=O)O1. The van der Waals surface area contributed by atoms with Crippen LogP contribution in [-0.4, -0.2) is 67.3 Å². The maximum atomic E-state index is 12.7. The van der Waals surface area contributed by atoms with Crippen LogP contribution in [0.25, 0.3) is 0 Å². The van der Waals surface area contributed by atoms with Gasteiger partial charge in [0.15, 0.2) is 5.72 Å². The van der Waals surface area contributed by atoms with Crippen LogP contribution in [0.2, 0.25) is 0 Å². The van der Waals surface area contributed by atoms with Gasteiger partial charge in [-0.1, -0.05) is 28.9 Å². The van der Waals surface area contributed by atoms with Crippen LogP contribution >= 0.6 is 15.9 Å². The lowest BCUT2D eigenvalue weighted by Crippen LogP contribution is -2.64. The zero-order valence-corrected chi connectivity index (χ0v) is 20.7. The molecular weight excluding hydrogens is 498 g/mol. The van der Waals surface area contributed by atoms with Crippen LogP contribution in [0.15, 0.2) is 41.4 Å². The van der Waals surface area contributed by atoms with Gasteiger partial charge in [0.2, 0.25) is 6.29 Å². The fraction of sp³-hybridized carbons (Fsp3) is 0.565. The Balaban J connectivity index is 1.72. The number of ether oxygens (including phenoxy) is 5. The van der Waals surface area contributed by atoms with E-state index in [4.69, 9.17) is 23.7 Å². The monoisotopic (exact) mass is 527 g/mol. The van der Waals surface area contributed by atoms with Crippen molar-refractivity contribution in [3.05, 3.63) is 47.0 Å². The molecule has 3 rings (SSSR count). The highest BCUT2D eigenvalue weighted by molar-refractivity contribution is 9.10. The van der Waals surface area contributed by atoms with E-state index in [-0.39, 0.29) is 18.4 Å². The Morgan fingerprint density at radius 2 is 2.00 bits per heavy atom. The van der Waals surface area contributed by atoms with Gasteiger partial charge >= 0.3 is 12.1 Å². The number of carbonyl (C=O) groups excluding carboxylic acids is 2. The van der Waals surface area contributed by atoms with Crippen molar-refractivity contribution in [3.63, 3.8) is 0 Å². The first kappa shape index (κ1) is 25.6. The summed E-state index contributed by atoms with van der Waals surface area (Å²) in [4.78, 5) is 24.9. The summed E-state index contributed by atoms with van der Waals surface area (Å²) in [6, 6.07) is 6.87. The lowest BCUT2D eigenvalue weighted by molar-refractivity contribution is -0.244. The lowest BCUT2D eigenvalue weighted by atomic mass is 9.85. The van der Waals surface area contributed by atoms with Gasteiger partial charge in [-0.25, -0.2) is 9.59 Å². The zero-order valence-electron chi connectivity index (χ0n) is 19.1. The summed E-state index contributed by atoms with van der Waals surface area (Å²) >= 11 is 3.34. The predicted octanol–water partition coefficient (Wildman–Crippen LogP) is 3.15. The normalized spacial score (nSPS) is 30.7. The van der Waals surface area contributed by atoms with Gasteiger partial charge in [0, 0.05) is 37.5 Å². The molecule has 2 aliphatic rings. The molecule has 0 saturated carbocycles. The number of benzene rings is 1. The summed E-state index contributed by atoms with van der Waals surface area (Å²) in [6.07, 6.45) is -1.46. The number of esters is 1. The van der Waals surface area contributed by atoms with Crippen molar-refractivity contribution in [2.45, 2.75) is 62.6 Å². The molecule has 2 saturated heterocycles. The number of methoxy groups -OCH3 is 2. The summed E-state index contributed by atoms with van der Waals surface area (Å²) in [7, 11) is 2.74. The largest absolute Gasteiger partial charge is 0.455 e. The van der Waals surface area contributed by atoms with Crippen LogP contribution in [0.5, 0.6) is 0 Å². The van der Waals surface area contributed by atoms with E-state index >= 15 is 0 Å². The summed E-state index contributed by atoms with van der Waals surface area (Å²) in [6.45, 7) is 7.47. The number of epoxide rings is 1. The quantitative estimate of drug-likeness (QED) is 0.206. The molecule has 2 aliphatic heterocycles. The minimum Gasteiger partial charge on any atom is -0.455 e. The smallest absolute Gasteiger partial charge is 0.409 e. The molecule has 9 nitrogen and oxygen atoms in total. The van der Waals surface area contributed by atoms with Crippen LogP contribution in [0.1, 0.15) is 37.0 Å². The molecule has 0 aromatic heterocycles. The molecule has 1 aromatic rings. The number of hydrogen-bond donors (Lipinski definition) is 2. The van der Waals surface area contributed by atoms with Gasteiger partial charge in [-0.2, -0.15) is 0 Å². The van der Waals surface area contributed by atoms with Gasteiger partial charge in [0.1, 0.15) is 17.8 Å². The lowest BCUT2D eigenvalue weighted by Gasteiger charge is -2.41. The number of amides is 1. The molecule has 6 unspecified atom stereocenters. The Morgan fingerprint density at radius 1 is 1.36 bits per heavy atom. The van der Waals surface area contributed by atoms with E-state index in [1.165, 1.54) is 14.2 Å². The zero-order chi connectivity index (χ0) is 24.4. The van der Waals surface area contributed by atoms with Crippen molar-refractivity contribution >= 4 is 28.0 Å². The third kappa shape index (κ3) is 5.41. The minimum absolute atomic E-state index is 0.0208. The molecule has 0 aliphatic carbocycles. The number of halogens is 1. The minimum atomic E-state index is -1.77. The molecule has 6 atom stereocenters. The molecule has 0 bridgehead atoms. The second-order valence-electron chi connectivity index (χ2n) is 8.51. The molecule has 182 valence electrons. The number of carbonyl (C=O) groups is 2. The van der Waals surface area contributed by atoms with Gasteiger partial charge < -0.3 is 28.8 Å². The average molecular weight is 528 g/mol. The molecule has 1 amide bonds. The van der Waals surface area contributed by atoms with E-state index < -0.39 is 41.9 Å². The summed E-state index contributed by atoms with van der Waals surface area (Å²) in [5.74, 6) is -0.788. The molecule has 33 heavy (non-hydrogen) atoms. The Labute approximate surface area is 201 Å². The van der Waals surface area contributed by atoms with Crippen molar-refractivity contribution in [3.8, 4) is 0 Å². The summed E-state index contributed by atoms with van der Waals surface area (Å²) in [5, 5.41) is 13.3. The van der Waals surface area contributed by atoms with Crippen LogP contribution in [-0.2, 0) is 23.7 Å². The van der Waals surface area contributed by atoms with Gasteiger partial charge in [-0.15, -0.1) is 6.58 Å². The first-order valence-electron chi connectivity index (χ1n) is 10.6. The van der Waals surface area contributed by atoms with E-state index in [1.54, 1.807) is 30.3 Å². The highest BCUT2D eigenvalue weighted by atomic mass is 79.9. The number of rotatable bonds is 10. The number of cyclic esters (lactones) is 1. The van der Waals surface area contributed by atoms with Crippen molar-refractivity contribution in [1.29, 1.82) is 0 Å². The fourth-order valence-corrected chi connectivity index (χ4v) is 4.60. The Morgan fingerprint density at radius 3 is 2.58 bits per heavy atom. The van der Waals surface area contributed by atoms with Crippen LogP contribution in [0, 0.1) is 5.92 Å². The van der Waals surface area contributed by atoms with Crippen LogP contribution in [0.3, 0.4) is 0 Å². The van der Waals surface area contributed by atoms with Gasteiger partial charge in [-0.05, 0) is 31.2 Å². The Hall–Kier alpha value is -1.98. The van der Waals surface area contributed by atoms with E-state index in [1.807, 2.05) is 13.8 Å². The number of hydrogen-bond acceptors (Lipinski definition) is 8. The molecule has 10 heteroatoms. The van der Waals surface area contributed by atoms with Crippen LogP contribution < -0.4 is 5.32 Å². The van der Waals surface area contributed by atoms with Crippen molar-refractivity contribution in [2.75, 3.05) is 14.2 Å². The third-order valence-corrected chi connectivity index (χ3v) is 6.74. The second kappa shape index (κ2) is 10.1. The standard InChI is InChI=1S/C23H30BrNO8/c1-6-7-17(32-19(26)14-8-10-15(24)11-9-14)22(3)18(33-22)13(2)16-12-23(28,20(29-4)30-5)25-21(27)31-16/h6,8-11,13,16-18,20,28H,1,7,12H2,2-5H3,(H,25,27). The van der Waals surface area contributed by atoms with Crippen molar-refractivity contribution < 1.29 is 38.4 Å². The topological polar surface area (TPSA) is 116 Å².